The van der Waals surface area contributed by atoms with Gasteiger partial charge in [-0.1, -0.05) is 37.4 Å². The molecule has 6 rings (SSSR count). The second kappa shape index (κ2) is 11.5. The van der Waals surface area contributed by atoms with Crippen molar-refractivity contribution < 1.29 is 18.8 Å². The lowest BCUT2D eigenvalue weighted by Gasteiger charge is -2.45. The molecule has 1 saturated carbocycles. The minimum Gasteiger partial charge on any atom is -0.490 e. The summed E-state index contributed by atoms with van der Waals surface area (Å²) in [5.74, 6) is 5.05. The molecule has 2 aromatic rings. The summed E-state index contributed by atoms with van der Waals surface area (Å²) in [6.45, 7) is 4.12. The van der Waals surface area contributed by atoms with E-state index in [1.165, 1.54) is 11.1 Å². The number of aryl methyl sites for hydroxylation is 1. The van der Waals surface area contributed by atoms with Crippen LogP contribution in [0.4, 0.5) is 5.69 Å². The highest BCUT2D eigenvalue weighted by atomic mass is 35.5. The van der Waals surface area contributed by atoms with Gasteiger partial charge in [0, 0.05) is 34.3 Å². The zero-order chi connectivity index (χ0) is 28.8. The molecule has 2 bridgehead atoms. The van der Waals surface area contributed by atoms with Crippen LogP contribution in [0.2, 0.25) is 5.02 Å². The van der Waals surface area contributed by atoms with Gasteiger partial charge in [-0.2, -0.15) is 0 Å². The topological polar surface area (TPSA) is 78.9 Å². The van der Waals surface area contributed by atoms with Gasteiger partial charge in [0.05, 0.1) is 28.1 Å². The molecule has 222 valence electrons. The highest BCUT2D eigenvalue weighted by Gasteiger charge is 2.44. The van der Waals surface area contributed by atoms with Crippen molar-refractivity contribution in [1.82, 2.24) is 4.72 Å². The Morgan fingerprint density at radius 2 is 1.98 bits per heavy atom. The van der Waals surface area contributed by atoms with E-state index in [1.54, 1.807) is 6.07 Å². The van der Waals surface area contributed by atoms with E-state index >= 15 is 0 Å². The Labute approximate surface area is 249 Å². The van der Waals surface area contributed by atoms with E-state index in [0.717, 1.165) is 87.3 Å². The summed E-state index contributed by atoms with van der Waals surface area (Å²) < 4.78 is 23.0. The van der Waals surface area contributed by atoms with Gasteiger partial charge >= 0.3 is 0 Å². The van der Waals surface area contributed by atoms with Gasteiger partial charge in [0.15, 0.2) is 0 Å². The molecule has 4 aliphatic rings. The number of halogens is 1. The van der Waals surface area contributed by atoms with Crippen molar-refractivity contribution in [2.75, 3.05) is 24.6 Å². The molecule has 2 heterocycles. The zero-order valence-electron chi connectivity index (χ0n) is 24.1. The Hall–Kier alpha value is -2.22. The molecule has 1 amide bonds. The average molecular weight is 599 g/mol. The third-order valence-corrected chi connectivity index (χ3v) is 12.7. The fraction of sp³-hybridized carbons (Fsp3) is 0.576. The quantitative estimate of drug-likeness (QED) is 0.399. The standard InChI is InChI=1S/C33H43ClN2O4S/c1-3-26-8-4-5-9-30(37)27-13-10-24(27)19-36-20-33(16-6-7-22-17-25(34)12-14-28(22)33)21-40-31-15-11-23(18-29(31)36)32(38)35-41(26,2)39/h11-12,14-15,17-18,24,26-27,30,37H,2-10,13,16,19-21H2,1H3,(H,35,38,39)/t24-,26-,27+,30-,33-,41?/m0/s1. The fourth-order valence-electron chi connectivity index (χ4n) is 7.77. The predicted octanol–water partition coefficient (Wildman–Crippen LogP) is 5.91. The second-order valence-electron chi connectivity index (χ2n) is 12.8. The third kappa shape index (κ3) is 5.62. The number of carbonyl (C=O) groups excluding carboxylic acids is 1. The smallest absolute Gasteiger partial charge is 0.262 e. The van der Waals surface area contributed by atoms with Gasteiger partial charge in [0.2, 0.25) is 0 Å². The van der Waals surface area contributed by atoms with Crippen molar-refractivity contribution in [3.8, 4) is 5.75 Å². The average Bonchev–Trinajstić information content (AvgIpc) is 3.07. The normalized spacial score (nSPS) is 33.9. The first-order chi connectivity index (χ1) is 19.7. The molecule has 0 aromatic heterocycles. The number of amides is 1. The van der Waals surface area contributed by atoms with E-state index in [4.69, 9.17) is 16.3 Å². The van der Waals surface area contributed by atoms with Crippen LogP contribution in [0.25, 0.3) is 0 Å². The monoisotopic (exact) mass is 598 g/mol. The summed E-state index contributed by atoms with van der Waals surface area (Å²) in [5, 5.41) is 11.8. The van der Waals surface area contributed by atoms with Crippen LogP contribution < -0.4 is 14.4 Å². The van der Waals surface area contributed by atoms with Gasteiger partial charge in [-0.05, 0) is 111 Å². The minimum atomic E-state index is -2.84. The Balaban J connectivity index is 1.41. The molecular formula is C33H43ClN2O4S. The van der Waals surface area contributed by atoms with Crippen LogP contribution in [-0.4, -0.2) is 52.1 Å². The highest BCUT2D eigenvalue weighted by molar-refractivity contribution is 7.99. The molecular weight excluding hydrogens is 556 g/mol. The summed E-state index contributed by atoms with van der Waals surface area (Å²) in [6, 6.07) is 11.8. The molecule has 0 saturated heterocycles. The van der Waals surface area contributed by atoms with Crippen molar-refractivity contribution in [2.24, 2.45) is 11.8 Å². The molecule has 1 unspecified atom stereocenters. The van der Waals surface area contributed by atoms with Crippen molar-refractivity contribution in [2.45, 2.75) is 87.9 Å². The maximum absolute atomic E-state index is 13.6. The lowest BCUT2D eigenvalue weighted by atomic mass is 9.68. The van der Waals surface area contributed by atoms with Crippen LogP contribution in [0.1, 0.15) is 86.2 Å². The largest absolute Gasteiger partial charge is 0.490 e. The Kier molecular flexibility index (Phi) is 8.07. The maximum Gasteiger partial charge on any atom is 0.262 e. The summed E-state index contributed by atoms with van der Waals surface area (Å²) in [5.41, 5.74) is 3.76. The molecule has 2 aliphatic carbocycles. The lowest BCUT2D eigenvalue weighted by molar-refractivity contribution is 0.00903. The van der Waals surface area contributed by atoms with Gasteiger partial charge in [0.1, 0.15) is 5.75 Å². The van der Waals surface area contributed by atoms with E-state index in [9.17, 15) is 14.1 Å². The van der Waals surface area contributed by atoms with Gasteiger partial charge < -0.3 is 14.7 Å². The molecule has 2 N–H and O–H groups in total. The van der Waals surface area contributed by atoms with Crippen molar-refractivity contribution in [3.63, 3.8) is 0 Å². The summed E-state index contributed by atoms with van der Waals surface area (Å²) in [7, 11) is -2.84. The first-order valence-corrected chi connectivity index (χ1v) is 17.5. The SMILES string of the molecule is C=S1(=O)NC(=O)c2ccc3c(c2)N(C[C@@H]2CC[C@H]2[C@@H](O)CCCC[C@@H]1CC)C[C@@]1(CCCc2cc(Cl)ccc21)CO3. The maximum atomic E-state index is 13.6. The molecule has 8 heteroatoms. The number of anilines is 1. The van der Waals surface area contributed by atoms with Crippen LogP contribution in [0.15, 0.2) is 36.4 Å². The second-order valence-corrected chi connectivity index (χ2v) is 15.6. The van der Waals surface area contributed by atoms with E-state index in [2.05, 4.69) is 27.6 Å². The fourth-order valence-corrected chi connectivity index (χ4v) is 9.65. The van der Waals surface area contributed by atoms with Crippen LogP contribution in [0.3, 0.4) is 0 Å². The van der Waals surface area contributed by atoms with Gasteiger partial charge in [-0.15, -0.1) is 0 Å². The van der Waals surface area contributed by atoms with Gasteiger partial charge in [-0.3, -0.25) is 9.52 Å². The van der Waals surface area contributed by atoms with Crippen molar-refractivity contribution >= 4 is 38.8 Å². The number of hydrogen-bond donors (Lipinski definition) is 2. The number of carbonyl (C=O) groups is 1. The van der Waals surface area contributed by atoms with Gasteiger partial charge in [0.25, 0.3) is 5.91 Å². The van der Waals surface area contributed by atoms with E-state index < -0.39 is 9.71 Å². The van der Waals surface area contributed by atoms with Crippen LogP contribution in [-0.2, 0) is 21.5 Å². The van der Waals surface area contributed by atoms with Crippen LogP contribution >= 0.6 is 11.6 Å². The number of benzene rings is 2. The van der Waals surface area contributed by atoms with Crippen molar-refractivity contribution in [1.29, 1.82) is 0 Å². The third-order valence-electron chi connectivity index (χ3n) is 10.3. The molecule has 0 radical (unpaired) electrons. The molecule has 6 atom stereocenters. The van der Waals surface area contributed by atoms with E-state index in [1.807, 2.05) is 25.1 Å². The number of hydrogen-bond acceptors (Lipinski definition) is 5. The Bertz CT molecular complexity index is 1410. The van der Waals surface area contributed by atoms with E-state index in [-0.39, 0.29) is 28.6 Å². The number of ether oxygens (including phenoxy) is 1. The lowest BCUT2D eigenvalue weighted by Crippen LogP contribution is -2.49. The van der Waals surface area contributed by atoms with Crippen molar-refractivity contribution in [3.05, 3.63) is 58.1 Å². The molecule has 2 aliphatic heterocycles. The number of aliphatic hydroxyl groups excluding tert-OH is 1. The number of nitrogens with one attached hydrogen (secondary N) is 1. The summed E-state index contributed by atoms with van der Waals surface area (Å²) in [4.78, 5) is 15.9. The first kappa shape index (κ1) is 28.9. The van der Waals surface area contributed by atoms with E-state index in [0.29, 0.717) is 24.5 Å². The molecule has 1 fully saturated rings. The Morgan fingerprint density at radius 1 is 1.15 bits per heavy atom. The minimum absolute atomic E-state index is 0.200. The molecule has 2 aromatic carbocycles. The predicted molar refractivity (Wildman–Crippen MR) is 168 cm³/mol. The zero-order valence-corrected chi connectivity index (χ0v) is 25.7. The summed E-state index contributed by atoms with van der Waals surface area (Å²) in [6.07, 6.45) is 8.80. The summed E-state index contributed by atoms with van der Waals surface area (Å²) >= 11 is 6.40. The van der Waals surface area contributed by atoms with Crippen LogP contribution in [0.5, 0.6) is 5.75 Å². The first-order valence-electron chi connectivity index (χ1n) is 15.4. The van der Waals surface area contributed by atoms with Gasteiger partial charge in [-0.25, -0.2) is 4.21 Å². The number of fused-ring (bicyclic) bond motifs is 4. The highest BCUT2D eigenvalue weighted by Crippen LogP contribution is 2.47. The van der Waals surface area contributed by atoms with Crippen LogP contribution in [0, 0.1) is 11.8 Å². The Morgan fingerprint density at radius 3 is 2.76 bits per heavy atom. The molecule has 1 spiro atoms. The number of aliphatic hydroxyl groups is 1. The number of rotatable bonds is 1. The molecule has 41 heavy (non-hydrogen) atoms. The molecule has 6 nitrogen and oxygen atoms in total. The number of nitrogens with zero attached hydrogens (tertiary/aromatic N) is 1.